The predicted molar refractivity (Wildman–Crippen MR) is 110 cm³/mol. The molecular weight excluding hydrogens is 384 g/mol. The molecule has 7 heteroatoms. The largest absolute Gasteiger partial charge is 0.486 e. The number of hydrogen-bond acceptors (Lipinski definition) is 5. The molecule has 1 fully saturated rings. The Labute approximate surface area is 175 Å². The van der Waals surface area contributed by atoms with Gasteiger partial charge in [0.2, 0.25) is 0 Å². The van der Waals surface area contributed by atoms with Gasteiger partial charge in [-0.1, -0.05) is 38.1 Å². The minimum atomic E-state index is -1.21. The second-order valence-corrected chi connectivity index (χ2v) is 8.00. The van der Waals surface area contributed by atoms with Gasteiger partial charge in [0.15, 0.2) is 17.3 Å². The van der Waals surface area contributed by atoms with E-state index < -0.39 is 17.5 Å². The minimum Gasteiger partial charge on any atom is -0.486 e. The van der Waals surface area contributed by atoms with E-state index in [9.17, 15) is 14.4 Å². The van der Waals surface area contributed by atoms with Crippen molar-refractivity contribution in [2.75, 3.05) is 19.8 Å². The molecule has 1 atom stereocenters. The van der Waals surface area contributed by atoms with Crippen molar-refractivity contribution in [3.63, 3.8) is 0 Å². The SMILES string of the molecule is CC(C)c1ccc([C@]2(C)NC(=O)N(CC(=O)c3ccc4c(c3)OCCO4)C2=O)cc1. The van der Waals surface area contributed by atoms with Crippen LogP contribution in [-0.2, 0) is 10.3 Å². The molecule has 0 radical (unpaired) electrons. The Balaban J connectivity index is 1.53. The van der Waals surface area contributed by atoms with Gasteiger partial charge >= 0.3 is 6.03 Å². The maximum atomic E-state index is 13.1. The zero-order chi connectivity index (χ0) is 21.5. The van der Waals surface area contributed by atoms with Crippen LogP contribution in [0.15, 0.2) is 42.5 Å². The van der Waals surface area contributed by atoms with Crippen LogP contribution in [0.5, 0.6) is 11.5 Å². The van der Waals surface area contributed by atoms with Gasteiger partial charge in [0.1, 0.15) is 18.8 Å². The topological polar surface area (TPSA) is 84.9 Å². The summed E-state index contributed by atoms with van der Waals surface area (Å²) in [6.07, 6.45) is 0. The highest BCUT2D eigenvalue weighted by Gasteiger charge is 2.49. The number of ether oxygens (including phenoxy) is 2. The zero-order valence-electron chi connectivity index (χ0n) is 17.2. The average molecular weight is 408 g/mol. The fraction of sp³-hybridized carbons (Fsp3) is 0.348. The quantitative estimate of drug-likeness (QED) is 0.607. The summed E-state index contributed by atoms with van der Waals surface area (Å²) in [4.78, 5) is 39.4. The molecule has 2 aromatic rings. The second-order valence-electron chi connectivity index (χ2n) is 8.00. The van der Waals surface area contributed by atoms with E-state index in [0.717, 1.165) is 10.5 Å². The first-order valence-corrected chi connectivity index (χ1v) is 9.97. The Bertz CT molecular complexity index is 1010. The summed E-state index contributed by atoms with van der Waals surface area (Å²) in [6.45, 7) is 6.36. The van der Waals surface area contributed by atoms with Gasteiger partial charge in [-0.05, 0) is 42.2 Å². The van der Waals surface area contributed by atoms with Gasteiger partial charge in [-0.3, -0.25) is 14.5 Å². The smallest absolute Gasteiger partial charge is 0.325 e. The molecule has 0 aliphatic carbocycles. The monoisotopic (exact) mass is 408 g/mol. The van der Waals surface area contributed by atoms with E-state index in [2.05, 4.69) is 19.2 Å². The zero-order valence-corrected chi connectivity index (χ0v) is 17.2. The third-order valence-corrected chi connectivity index (χ3v) is 5.60. The molecule has 0 aromatic heterocycles. The Morgan fingerprint density at radius 2 is 1.73 bits per heavy atom. The summed E-state index contributed by atoms with van der Waals surface area (Å²) in [5, 5.41) is 2.74. The van der Waals surface area contributed by atoms with Crippen LogP contribution in [-0.4, -0.2) is 42.4 Å². The number of rotatable bonds is 5. The summed E-state index contributed by atoms with van der Waals surface area (Å²) in [6, 6.07) is 11.9. The number of nitrogens with one attached hydrogen (secondary N) is 1. The molecule has 2 aliphatic heterocycles. The highest BCUT2D eigenvalue weighted by molar-refractivity contribution is 6.11. The number of carbonyl (C=O) groups excluding carboxylic acids is 3. The molecule has 0 unspecified atom stereocenters. The molecule has 1 saturated heterocycles. The summed E-state index contributed by atoms with van der Waals surface area (Å²) < 4.78 is 11.0. The lowest BCUT2D eigenvalue weighted by Crippen LogP contribution is -2.41. The lowest BCUT2D eigenvalue weighted by Gasteiger charge is -2.23. The number of Topliss-reactive ketones (excluding diaryl/α,β-unsaturated/α-hetero) is 1. The van der Waals surface area contributed by atoms with Crippen molar-refractivity contribution in [1.29, 1.82) is 0 Å². The standard InChI is InChI=1S/C23H24N2O5/c1-14(2)15-4-7-17(8-5-15)23(3)21(27)25(22(28)24-23)13-18(26)16-6-9-19-20(12-16)30-11-10-29-19/h4-9,12,14H,10-11,13H2,1-3H3,(H,24,28)/t23-/m0/s1. The number of nitrogens with zero attached hydrogens (tertiary/aromatic N) is 1. The van der Waals surface area contributed by atoms with Crippen molar-refractivity contribution in [1.82, 2.24) is 10.2 Å². The van der Waals surface area contributed by atoms with Crippen molar-refractivity contribution in [3.8, 4) is 11.5 Å². The van der Waals surface area contributed by atoms with E-state index in [4.69, 9.17) is 9.47 Å². The van der Waals surface area contributed by atoms with Crippen LogP contribution in [0.2, 0.25) is 0 Å². The number of imide groups is 1. The van der Waals surface area contributed by atoms with Crippen molar-refractivity contribution in [2.24, 2.45) is 0 Å². The Morgan fingerprint density at radius 1 is 1.07 bits per heavy atom. The number of carbonyl (C=O) groups is 3. The first-order chi connectivity index (χ1) is 14.3. The maximum absolute atomic E-state index is 13.1. The molecule has 0 saturated carbocycles. The summed E-state index contributed by atoms with van der Waals surface area (Å²) >= 11 is 0. The molecule has 2 aliphatic rings. The van der Waals surface area contributed by atoms with Gasteiger partial charge in [-0.25, -0.2) is 4.79 Å². The summed E-state index contributed by atoms with van der Waals surface area (Å²) in [7, 11) is 0. The van der Waals surface area contributed by atoms with Crippen LogP contribution in [0.25, 0.3) is 0 Å². The molecule has 156 valence electrons. The average Bonchev–Trinajstić information content (AvgIpc) is 2.97. The minimum absolute atomic E-state index is 0.343. The Hall–Kier alpha value is -3.35. The molecule has 0 bridgehead atoms. The number of fused-ring (bicyclic) bond motifs is 1. The van der Waals surface area contributed by atoms with Crippen molar-refractivity contribution < 1.29 is 23.9 Å². The molecule has 1 N–H and O–H groups in total. The van der Waals surface area contributed by atoms with E-state index in [0.29, 0.717) is 41.8 Å². The molecule has 0 spiro atoms. The third-order valence-electron chi connectivity index (χ3n) is 5.60. The van der Waals surface area contributed by atoms with E-state index in [-0.39, 0.29) is 12.3 Å². The number of ketones is 1. The van der Waals surface area contributed by atoms with E-state index in [1.807, 2.05) is 24.3 Å². The van der Waals surface area contributed by atoms with E-state index in [1.54, 1.807) is 25.1 Å². The van der Waals surface area contributed by atoms with Crippen LogP contribution in [0, 0.1) is 0 Å². The first-order valence-electron chi connectivity index (χ1n) is 9.97. The fourth-order valence-electron chi connectivity index (χ4n) is 3.69. The molecule has 4 rings (SSSR count). The molecular formula is C23H24N2O5. The number of amides is 3. The van der Waals surface area contributed by atoms with Crippen LogP contribution in [0.3, 0.4) is 0 Å². The first kappa shape index (κ1) is 19.9. The third kappa shape index (κ3) is 3.40. The van der Waals surface area contributed by atoms with Crippen LogP contribution in [0.4, 0.5) is 4.79 Å². The van der Waals surface area contributed by atoms with Crippen LogP contribution >= 0.6 is 0 Å². The fourth-order valence-corrected chi connectivity index (χ4v) is 3.69. The lowest BCUT2D eigenvalue weighted by molar-refractivity contribution is -0.130. The van der Waals surface area contributed by atoms with Gasteiger partial charge in [0.05, 0.1) is 6.54 Å². The predicted octanol–water partition coefficient (Wildman–Crippen LogP) is 3.23. The van der Waals surface area contributed by atoms with Gasteiger partial charge in [0.25, 0.3) is 5.91 Å². The highest BCUT2D eigenvalue weighted by atomic mass is 16.6. The van der Waals surface area contributed by atoms with E-state index in [1.165, 1.54) is 0 Å². The highest BCUT2D eigenvalue weighted by Crippen LogP contribution is 2.32. The van der Waals surface area contributed by atoms with Gasteiger partial charge in [0, 0.05) is 5.56 Å². The summed E-state index contributed by atoms with van der Waals surface area (Å²) in [5.74, 6) is 0.621. The number of urea groups is 1. The van der Waals surface area contributed by atoms with Crippen molar-refractivity contribution in [3.05, 3.63) is 59.2 Å². The molecule has 2 heterocycles. The normalized spacial score (nSPS) is 20.5. The summed E-state index contributed by atoms with van der Waals surface area (Å²) in [5.41, 5.74) is 0.971. The molecule has 3 amide bonds. The van der Waals surface area contributed by atoms with Gasteiger partial charge in [-0.15, -0.1) is 0 Å². The van der Waals surface area contributed by atoms with Gasteiger partial charge < -0.3 is 14.8 Å². The number of benzene rings is 2. The number of hydrogen-bond donors (Lipinski definition) is 1. The lowest BCUT2D eigenvalue weighted by atomic mass is 9.90. The van der Waals surface area contributed by atoms with E-state index >= 15 is 0 Å². The van der Waals surface area contributed by atoms with Crippen molar-refractivity contribution >= 4 is 17.7 Å². The molecule has 7 nitrogen and oxygen atoms in total. The Morgan fingerprint density at radius 3 is 2.40 bits per heavy atom. The van der Waals surface area contributed by atoms with Gasteiger partial charge in [-0.2, -0.15) is 0 Å². The van der Waals surface area contributed by atoms with Crippen LogP contribution in [0.1, 0.15) is 48.2 Å². The Kier molecular flexibility index (Phi) is 4.97. The van der Waals surface area contributed by atoms with Crippen LogP contribution < -0.4 is 14.8 Å². The second kappa shape index (κ2) is 7.48. The van der Waals surface area contributed by atoms with Crippen molar-refractivity contribution in [2.45, 2.75) is 32.2 Å². The molecule has 2 aromatic carbocycles. The maximum Gasteiger partial charge on any atom is 0.325 e. The molecule has 30 heavy (non-hydrogen) atoms.